The van der Waals surface area contributed by atoms with Crippen LogP contribution in [0.25, 0.3) is 0 Å². The molecule has 2 heterocycles. The Morgan fingerprint density at radius 3 is 2.89 bits per heavy atom. The Morgan fingerprint density at radius 1 is 1.42 bits per heavy atom. The topological polar surface area (TPSA) is 44.8 Å². The van der Waals surface area contributed by atoms with Gasteiger partial charge in [-0.3, -0.25) is 9.69 Å². The van der Waals surface area contributed by atoms with E-state index >= 15 is 0 Å². The molecular weight excluding hydrogens is 242 g/mol. The number of amides is 1. The lowest BCUT2D eigenvalue weighted by molar-refractivity contribution is -0.132. The van der Waals surface area contributed by atoms with Gasteiger partial charge in [-0.1, -0.05) is 0 Å². The van der Waals surface area contributed by atoms with E-state index in [0.29, 0.717) is 12.6 Å². The SMILES string of the molecule is CN(CCCC1CCCO1)CC(=O)N1CCNCC1. The first-order chi connectivity index (χ1) is 9.25. The molecule has 0 saturated carbocycles. The van der Waals surface area contributed by atoms with Crippen molar-refractivity contribution in [2.45, 2.75) is 31.8 Å². The van der Waals surface area contributed by atoms with Gasteiger partial charge in [-0.05, 0) is 39.3 Å². The molecule has 2 fully saturated rings. The second kappa shape index (κ2) is 7.82. The molecule has 0 radical (unpaired) electrons. The molecule has 19 heavy (non-hydrogen) atoms. The zero-order valence-corrected chi connectivity index (χ0v) is 12.1. The van der Waals surface area contributed by atoms with Gasteiger partial charge in [0.2, 0.25) is 5.91 Å². The predicted octanol–water partition coefficient (Wildman–Crippen LogP) is 0.309. The summed E-state index contributed by atoms with van der Waals surface area (Å²) in [6.45, 7) is 6.01. The molecule has 2 aliphatic heterocycles. The summed E-state index contributed by atoms with van der Waals surface area (Å²) in [6, 6.07) is 0. The molecular formula is C14H27N3O2. The van der Waals surface area contributed by atoms with Crippen LogP contribution >= 0.6 is 0 Å². The lowest BCUT2D eigenvalue weighted by Gasteiger charge is -2.29. The highest BCUT2D eigenvalue weighted by Gasteiger charge is 2.18. The molecule has 1 atom stereocenters. The van der Waals surface area contributed by atoms with Crippen LogP contribution in [0.15, 0.2) is 0 Å². The van der Waals surface area contributed by atoms with Gasteiger partial charge in [0.05, 0.1) is 12.6 Å². The summed E-state index contributed by atoms with van der Waals surface area (Å²) in [4.78, 5) is 16.2. The lowest BCUT2D eigenvalue weighted by Crippen LogP contribution is -2.49. The quantitative estimate of drug-likeness (QED) is 0.754. The molecule has 2 aliphatic rings. The Kier molecular flexibility index (Phi) is 6.07. The molecule has 0 aromatic heterocycles. The summed E-state index contributed by atoms with van der Waals surface area (Å²) in [7, 11) is 2.04. The molecule has 1 unspecified atom stereocenters. The van der Waals surface area contributed by atoms with Crippen LogP contribution in [0, 0.1) is 0 Å². The summed E-state index contributed by atoms with van der Waals surface area (Å²) in [5.41, 5.74) is 0. The van der Waals surface area contributed by atoms with Gasteiger partial charge in [0.25, 0.3) is 0 Å². The summed E-state index contributed by atoms with van der Waals surface area (Å²) in [6.07, 6.45) is 5.14. The van der Waals surface area contributed by atoms with Crippen molar-refractivity contribution in [1.82, 2.24) is 15.1 Å². The van der Waals surface area contributed by atoms with Crippen molar-refractivity contribution in [3.63, 3.8) is 0 Å². The fourth-order valence-corrected chi connectivity index (χ4v) is 2.79. The van der Waals surface area contributed by atoms with E-state index in [1.807, 2.05) is 11.9 Å². The normalized spacial score (nSPS) is 24.1. The smallest absolute Gasteiger partial charge is 0.236 e. The van der Waals surface area contributed by atoms with Crippen LogP contribution in [-0.2, 0) is 9.53 Å². The van der Waals surface area contributed by atoms with E-state index in [1.54, 1.807) is 0 Å². The fraction of sp³-hybridized carbons (Fsp3) is 0.929. The highest BCUT2D eigenvalue weighted by Crippen LogP contribution is 2.16. The summed E-state index contributed by atoms with van der Waals surface area (Å²) in [5.74, 6) is 0.265. The monoisotopic (exact) mass is 269 g/mol. The van der Waals surface area contributed by atoms with Crippen molar-refractivity contribution in [3.05, 3.63) is 0 Å². The van der Waals surface area contributed by atoms with Gasteiger partial charge in [-0.15, -0.1) is 0 Å². The third kappa shape index (κ3) is 5.09. The molecule has 1 N–H and O–H groups in total. The molecule has 2 rings (SSSR count). The van der Waals surface area contributed by atoms with E-state index in [2.05, 4.69) is 10.2 Å². The molecule has 0 aromatic carbocycles. The molecule has 110 valence electrons. The molecule has 0 bridgehead atoms. The highest BCUT2D eigenvalue weighted by molar-refractivity contribution is 5.78. The minimum absolute atomic E-state index is 0.265. The van der Waals surface area contributed by atoms with Crippen molar-refractivity contribution < 1.29 is 9.53 Å². The van der Waals surface area contributed by atoms with E-state index < -0.39 is 0 Å². The van der Waals surface area contributed by atoms with Crippen LogP contribution in [0.3, 0.4) is 0 Å². The third-order valence-electron chi connectivity index (χ3n) is 3.96. The summed E-state index contributed by atoms with van der Waals surface area (Å²) >= 11 is 0. The highest BCUT2D eigenvalue weighted by atomic mass is 16.5. The predicted molar refractivity (Wildman–Crippen MR) is 75.2 cm³/mol. The van der Waals surface area contributed by atoms with Gasteiger partial charge in [0.15, 0.2) is 0 Å². The molecule has 5 nitrogen and oxygen atoms in total. The molecule has 5 heteroatoms. The number of nitrogens with zero attached hydrogens (tertiary/aromatic N) is 2. The summed E-state index contributed by atoms with van der Waals surface area (Å²) < 4.78 is 5.61. The largest absolute Gasteiger partial charge is 0.378 e. The Labute approximate surface area is 116 Å². The van der Waals surface area contributed by atoms with Crippen molar-refractivity contribution in [2.75, 3.05) is 52.9 Å². The molecule has 2 saturated heterocycles. The van der Waals surface area contributed by atoms with Gasteiger partial charge in [-0.25, -0.2) is 0 Å². The number of nitrogens with one attached hydrogen (secondary N) is 1. The number of piperazine rings is 1. The van der Waals surface area contributed by atoms with E-state index in [9.17, 15) is 4.79 Å². The molecule has 0 spiro atoms. The van der Waals surface area contributed by atoms with Gasteiger partial charge >= 0.3 is 0 Å². The Bertz CT molecular complexity index is 274. The zero-order chi connectivity index (χ0) is 13.5. The number of hydrogen-bond donors (Lipinski definition) is 1. The number of ether oxygens (including phenoxy) is 1. The first-order valence-corrected chi connectivity index (χ1v) is 7.54. The van der Waals surface area contributed by atoms with Crippen LogP contribution in [0.1, 0.15) is 25.7 Å². The number of carbonyl (C=O) groups excluding carboxylic acids is 1. The second-order valence-electron chi connectivity index (χ2n) is 5.65. The van der Waals surface area contributed by atoms with E-state index in [0.717, 1.165) is 52.2 Å². The van der Waals surface area contributed by atoms with Crippen LogP contribution in [0.5, 0.6) is 0 Å². The van der Waals surface area contributed by atoms with Gasteiger partial charge in [-0.2, -0.15) is 0 Å². The van der Waals surface area contributed by atoms with E-state index in [4.69, 9.17) is 4.74 Å². The van der Waals surface area contributed by atoms with Crippen molar-refractivity contribution >= 4 is 5.91 Å². The minimum Gasteiger partial charge on any atom is -0.378 e. The maximum Gasteiger partial charge on any atom is 0.236 e. The number of likely N-dealkylation sites (N-methyl/N-ethyl adjacent to an activating group) is 1. The van der Waals surface area contributed by atoms with E-state index in [1.165, 1.54) is 12.8 Å². The molecule has 0 aromatic rings. The Morgan fingerprint density at radius 2 is 2.21 bits per heavy atom. The first kappa shape index (κ1) is 14.8. The fourth-order valence-electron chi connectivity index (χ4n) is 2.79. The van der Waals surface area contributed by atoms with Crippen LogP contribution < -0.4 is 5.32 Å². The average Bonchev–Trinajstić information content (AvgIpc) is 2.93. The van der Waals surface area contributed by atoms with Crippen LogP contribution in [-0.4, -0.2) is 74.7 Å². The second-order valence-corrected chi connectivity index (χ2v) is 5.65. The van der Waals surface area contributed by atoms with Gasteiger partial charge in [0.1, 0.15) is 0 Å². The van der Waals surface area contributed by atoms with Crippen LogP contribution in [0.2, 0.25) is 0 Å². The van der Waals surface area contributed by atoms with Gasteiger partial charge in [0, 0.05) is 32.8 Å². The van der Waals surface area contributed by atoms with Crippen molar-refractivity contribution in [1.29, 1.82) is 0 Å². The average molecular weight is 269 g/mol. The maximum absolute atomic E-state index is 12.1. The minimum atomic E-state index is 0.265. The lowest BCUT2D eigenvalue weighted by atomic mass is 10.1. The standard InChI is InChI=1S/C14H27N3O2/c1-16(8-2-4-13-5-3-11-19-13)12-14(18)17-9-6-15-7-10-17/h13,15H,2-12H2,1H3. The number of carbonyl (C=O) groups is 1. The Hall–Kier alpha value is -0.650. The zero-order valence-electron chi connectivity index (χ0n) is 12.1. The number of rotatable bonds is 6. The van der Waals surface area contributed by atoms with E-state index in [-0.39, 0.29) is 5.91 Å². The molecule has 0 aliphatic carbocycles. The third-order valence-corrected chi connectivity index (χ3v) is 3.96. The Balaban J connectivity index is 1.57. The van der Waals surface area contributed by atoms with Crippen LogP contribution in [0.4, 0.5) is 0 Å². The van der Waals surface area contributed by atoms with Crippen molar-refractivity contribution in [2.24, 2.45) is 0 Å². The number of hydrogen-bond acceptors (Lipinski definition) is 4. The van der Waals surface area contributed by atoms with Gasteiger partial charge < -0.3 is 15.0 Å². The van der Waals surface area contributed by atoms with Crippen molar-refractivity contribution in [3.8, 4) is 0 Å². The maximum atomic E-state index is 12.1. The summed E-state index contributed by atoms with van der Waals surface area (Å²) in [5, 5.41) is 3.27. The molecule has 1 amide bonds. The first-order valence-electron chi connectivity index (χ1n) is 7.54.